The van der Waals surface area contributed by atoms with Crippen molar-refractivity contribution in [2.45, 2.75) is 127 Å². The molecule has 346 valence electrons. The lowest BCUT2D eigenvalue weighted by atomic mass is 9.59. The first-order valence-electron chi connectivity index (χ1n) is 21.5. The largest absolute Gasteiger partial charge is 0.534 e. The molecule has 1 fully saturated rings. The van der Waals surface area contributed by atoms with Crippen molar-refractivity contribution < 1.29 is 54.3 Å². The predicted octanol–water partition coefficient (Wildman–Crippen LogP) is 10.2. The van der Waals surface area contributed by atoms with E-state index in [9.17, 15) is 31.2 Å². The van der Waals surface area contributed by atoms with E-state index in [1.54, 1.807) is 58.3 Å². The van der Waals surface area contributed by atoms with E-state index < -0.39 is 50.0 Å². The van der Waals surface area contributed by atoms with Crippen LogP contribution in [0.2, 0.25) is 5.02 Å². The monoisotopic (exact) mass is 921 g/mol. The summed E-state index contributed by atoms with van der Waals surface area (Å²) in [5, 5.41) is 3.91. The highest BCUT2D eigenvalue weighted by molar-refractivity contribution is 7.88. The van der Waals surface area contributed by atoms with Gasteiger partial charge in [-0.3, -0.25) is 4.98 Å². The van der Waals surface area contributed by atoms with Gasteiger partial charge in [-0.1, -0.05) is 31.5 Å². The van der Waals surface area contributed by atoms with Crippen molar-refractivity contribution in [3.63, 3.8) is 0 Å². The predicted molar refractivity (Wildman–Crippen MR) is 233 cm³/mol. The van der Waals surface area contributed by atoms with Crippen molar-refractivity contribution in [3.8, 4) is 17.2 Å². The molecule has 2 aromatic carbocycles. The van der Waals surface area contributed by atoms with Crippen LogP contribution in [-0.2, 0) is 42.6 Å². The van der Waals surface area contributed by atoms with E-state index in [1.807, 2.05) is 12.1 Å². The summed E-state index contributed by atoms with van der Waals surface area (Å²) in [4.78, 5) is 32.2. The molecule has 63 heavy (non-hydrogen) atoms. The van der Waals surface area contributed by atoms with E-state index in [0.29, 0.717) is 67.3 Å². The number of pyridine rings is 1. The molecular weight excluding hydrogens is 863 g/mol. The van der Waals surface area contributed by atoms with Gasteiger partial charge in [-0.15, -0.1) is 0 Å². The van der Waals surface area contributed by atoms with Crippen LogP contribution in [0.25, 0.3) is 0 Å². The number of alkyl halides is 3. The Hall–Kier alpha value is -4.44. The summed E-state index contributed by atoms with van der Waals surface area (Å²) in [6.07, 6.45) is 7.14. The molecule has 0 aliphatic heterocycles. The summed E-state index contributed by atoms with van der Waals surface area (Å²) < 4.78 is 94.5. The number of ether oxygens (including phenoxy) is 4. The number of hydrogen-bond acceptors (Lipinski definition) is 11. The molecule has 1 N–H and O–H groups in total. The molecule has 6 rings (SSSR count). The van der Waals surface area contributed by atoms with Gasteiger partial charge >= 0.3 is 27.7 Å². The topological polar surface area (TPSA) is 143 Å². The minimum Gasteiger partial charge on any atom is -0.493 e. The number of carbonyl (C=O) groups excluding carboxylic acids is 2. The summed E-state index contributed by atoms with van der Waals surface area (Å²) in [5.41, 5.74) is -3.88. The zero-order chi connectivity index (χ0) is 46.0. The lowest BCUT2D eigenvalue weighted by molar-refractivity contribution is -0.148. The van der Waals surface area contributed by atoms with Gasteiger partial charge in [0.25, 0.3) is 0 Å². The first-order chi connectivity index (χ1) is 29.6. The van der Waals surface area contributed by atoms with Gasteiger partial charge in [0.15, 0.2) is 11.5 Å². The molecule has 1 amide bonds. The molecular formula is C46H59ClF3N3O9S. The van der Waals surface area contributed by atoms with Crippen LogP contribution in [0.4, 0.5) is 23.7 Å². The van der Waals surface area contributed by atoms with Crippen LogP contribution < -0.4 is 19.0 Å². The van der Waals surface area contributed by atoms with Gasteiger partial charge in [-0.2, -0.15) is 21.6 Å². The maximum Gasteiger partial charge on any atom is 0.534 e. The molecule has 12 nitrogen and oxygen atoms in total. The smallest absolute Gasteiger partial charge is 0.493 e. The Labute approximate surface area is 373 Å². The highest BCUT2D eigenvalue weighted by atomic mass is 35.5. The number of nitrogens with zero attached hydrogens (tertiary/aromatic N) is 2. The van der Waals surface area contributed by atoms with Crippen LogP contribution in [0.3, 0.4) is 0 Å². The third kappa shape index (κ3) is 10.9. The molecule has 3 aliphatic rings. The third-order valence-corrected chi connectivity index (χ3v) is 13.8. The van der Waals surface area contributed by atoms with E-state index in [2.05, 4.69) is 24.1 Å². The lowest BCUT2D eigenvalue weighted by Gasteiger charge is -2.47. The summed E-state index contributed by atoms with van der Waals surface area (Å²) in [6.45, 7) is 10.00. The van der Waals surface area contributed by atoms with Crippen LogP contribution in [0.15, 0.2) is 48.7 Å². The van der Waals surface area contributed by atoms with E-state index in [1.165, 1.54) is 18.1 Å². The first-order valence-corrected chi connectivity index (χ1v) is 23.3. The fourth-order valence-electron chi connectivity index (χ4n) is 9.56. The molecule has 0 unspecified atom stereocenters. The Bertz CT molecular complexity index is 2240. The summed E-state index contributed by atoms with van der Waals surface area (Å²) in [5.74, 6) is -0.150. The molecule has 1 spiro atoms. The maximum atomic E-state index is 13.8. The minimum absolute atomic E-state index is 0.0137. The number of halogens is 4. The number of rotatable bonds is 15. The van der Waals surface area contributed by atoms with Crippen molar-refractivity contribution >= 4 is 39.5 Å². The first kappa shape index (κ1) is 48.0. The van der Waals surface area contributed by atoms with Crippen molar-refractivity contribution in [1.82, 2.24) is 9.88 Å². The number of nitrogens with one attached hydrogen (secondary N) is 1. The van der Waals surface area contributed by atoms with E-state index in [4.69, 9.17) is 34.7 Å². The number of hydrogen-bond donors (Lipinski definition) is 1. The van der Waals surface area contributed by atoms with Crippen molar-refractivity contribution in [3.05, 3.63) is 76.1 Å². The summed E-state index contributed by atoms with van der Waals surface area (Å²) in [7, 11) is -3.18. The Morgan fingerprint density at radius 1 is 1.03 bits per heavy atom. The standard InChI is InChI=1S/C46H59ClF3N3O9S/c1-29(28-60-37-15-20-51-36-14-8-11-30(2)40(36)37)23-32-24-31-25-39(62-63(56,57)46(48,49)50)38(59-22-10-21-53(6)42(55)61-43(3,4)5)27-35(31)44(32)16-18-45(19-17-44,41(54)58-7)52-34-13-9-12-33(47)26-34/h9,12-13,15,20,25-27,29-30,32,52H,8,10-11,14,16-19,21-24,28H2,1-7H3/t29-,30-,32+,44?,45?/m1/s1. The lowest BCUT2D eigenvalue weighted by Crippen LogP contribution is -2.53. The number of methoxy groups -OCH3 is 1. The Morgan fingerprint density at radius 2 is 1.76 bits per heavy atom. The number of aryl methyl sites for hydroxylation is 1. The van der Waals surface area contributed by atoms with Crippen molar-refractivity contribution in [2.24, 2.45) is 11.8 Å². The Kier molecular flexibility index (Phi) is 14.5. The number of benzene rings is 2. The van der Waals surface area contributed by atoms with Gasteiger partial charge in [-0.25, -0.2) is 9.59 Å². The second-order valence-corrected chi connectivity index (χ2v) is 20.4. The molecule has 0 bridgehead atoms. The molecule has 0 radical (unpaired) electrons. The average molecular weight is 923 g/mol. The highest BCUT2D eigenvalue weighted by Gasteiger charge is 2.55. The van der Waals surface area contributed by atoms with Gasteiger partial charge in [0.05, 0.1) is 20.3 Å². The summed E-state index contributed by atoms with van der Waals surface area (Å²) in [6, 6.07) is 11.9. The molecule has 1 aromatic heterocycles. The van der Waals surface area contributed by atoms with Gasteiger partial charge in [0.1, 0.15) is 16.9 Å². The zero-order valence-electron chi connectivity index (χ0n) is 37.0. The maximum absolute atomic E-state index is 13.8. The molecule has 1 saturated carbocycles. The Balaban J connectivity index is 1.33. The van der Waals surface area contributed by atoms with Crippen molar-refractivity contribution in [2.75, 3.05) is 39.2 Å². The number of carbonyl (C=O) groups is 2. The van der Waals surface area contributed by atoms with Crippen LogP contribution in [0, 0.1) is 11.8 Å². The number of aromatic nitrogens is 1. The normalized spacial score (nSPS) is 22.7. The molecule has 3 aromatic rings. The molecule has 17 heteroatoms. The van der Waals surface area contributed by atoms with Gasteiger partial charge in [-0.05, 0) is 156 Å². The molecule has 0 saturated heterocycles. The average Bonchev–Trinajstić information content (AvgIpc) is 3.48. The minimum atomic E-state index is -6.07. The van der Waals surface area contributed by atoms with Crippen LogP contribution >= 0.6 is 11.6 Å². The van der Waals surface area contributed by atoms with Crippen LogP contribution in [0.5, 0.6) is 17.2 Å². The van der Waals surface area contributed by atoms with E-state index >= 15 is 0 Å². The van der Waals surface area contributed by atoms with E-state index in [-0.39, 0.29) is 37.2 Å². The fraction of sp³-hybridized carbons (Fsp3) is 0.587. The van der Waals surface area contributed by atoms with Crippen molar-refractivity contribution in [1.29, 1.82) is 0 Å². The number of amides is 1. The SMILES string of the molecule is COC(=O)C1(Nc2cccc(Cl)c2)CCC2(CC1)c1cc(OCCCN(C)C(=O)OC(C)(C)C)c(OS(=O)(=O)C(F)(F)F)cc1C[C@@H]2C[C@@H](C)COc1ccnc2c1[C@H](C)CCC2. The number of esters is 1. The second kappa shape index (κ2) is 19.0. The van der Waals surface area contributed by atoms with Gasteiger partial charge < -0.3 is 33.3 Å². The molecule has 3 atom stereocenters. The van der Waals surface area contributed by atoms with Crippen LogP contribution in [-0.4, -0.2) is 80.9 Å². The highest BCUT2D eigenvalue weighted by Crippen LogP contribution is 2.58. The fourth-order valence-corrected chi connectivity index (χ4v) is 10.2. The van der Waals surface area contributed by atoms with Gasteiger partial charge in [0.2, 0.25) is 0 Å². The summed E-state index contributed by atoms with van der Waals surface area (Å²) >= 11 is 6.33. The third-order valence-electron chi connectivity index (χ3n) is 12.6. The number of fused-ring (bicyclic) bond motifs is 3. The Morgan fingerprint density at radius 3 is 2.43 bits per heavy atom. The quantitative estimate of drug-likeness (QED) is 0.0674. The number of anilines is 1. The van der Waals surface area contributed by atoms with Gasteiger partial charge in [0, 0.05) is 41.8 Å². The second-order valence-electron chi connectivity index (χ2n) is 18.4. The molecule has 3 aliphatic carbocycles. The molecule has 1 heterocycles. The zero-order valence-corrected chi connectivity index (χ0v) is 38.6. The van der Waals surface area contributed by atoms with Crippen LogP contribution in [0.1, 0.15) is 114 Å². The van der Waals surface area contributed by atoms with E-state index in [0.717, 1.165) is 41.8 Å².